The Morgan fingerprint density at radius 1 is 0.274 bits per heavy atom. The standard InChI is InChI=1S/4C12H18N2O.4C8H8O2.4Ni.2H2O/c4*1-14(2)9-5-8-13-10-11-6-3-4-7-12(11)15;4*9-8(10)6-7-4-2-1-3-5-7;;;;;;/h4*3-4,6-7,10,15H,5,8-9H2,1-2H3;4*1-5H,6H2,(H,9,10);;;;;2*1H2/q;;;;;;;;4*+3;;/p-8. The van der Waals surface area contributed by atoms with Gasteiger partial charge in [-0.3, -0.25) is 20.0 Å². The van der Waals surface area contributed by atoms with E-state index in [2.05, 4.69) is 39.6 Å². The van der Waals surface area contributed by atoms with Crippen LogP contribution in [0.5, 0.6) is 23.0 Å². The maximum Gasteiger partial charge on any atom is 3.00 e. The molecule has 4 N–H and O–H groups in total. The van der Waals surface area contributed by atoms with Gasteiger partial charge in [0.05, 0.1) is 0 Å². The Morgan fingerprint density at radius 2 is 0.425 bits per heavy atom. The summed E-state index contributed by atoms with van der Waals surface area (Å²) in [5.41, 5.74) is 5.80. The SMILES string of the molecule is CN(C)CCCN=Cc1ccccc1[O-].CN(C)CCCN=Cc1ccccc1[O-].CN(C)CCCN=Cc1ccccc1[O-].CN(C)CCCN=Cc1ccccc1[O-].O.O.O=C([O-])Cc1ccccc1.O=C([O-])Cc1ccccc1.O=C([O-])Cc1ccccc1.O=C([O-])Cc1ccccc1.[Ni+3].[Ni+3].[Ni+3].[Ni+3]. The molecule has 22 nitrogen and oxygen atoms in total. The summed E-state index contributed by atoms with van der Waals surface area (Å²) in [7, 11) is 16.3. The zero-order chi connectivity index (χ0) is 74.0. The van der Waals surface area contributed by atoms with Gasteiger partial charge in [-0.05, 0) is 153 Å². The number of aliphatic imine (C=N–C) groups is 4. The van der Waals surface area contributed by atoms with Crippen LogP contribution in [0.1, 0.15) is 70.2 Å². The quantitative estimate of drug-likeness (QED) is 0.0386. The first-order chi connectivity index (χ1) is 47.9. The molecule has 580 valence electrons. The second-order valence-electron chi connectivity index (χ2n) is 23.1. The number of nitrogens with zero attached hydrogens (tertiary/aromatic N) is 8. The third-order valence-corrected chi connectivity index (χ3v) is 12.9. The Morgan fingerprint density at radius 3 is 0.566 bits per heavy atom. The molecule has 0 aromatic heterocycles. The van der Waals surface area contributed by atoms with E-state index in [-0.39, 0.29) is 126 Å². The van der Waals surface area contributed by atoms with Gasteiger partial charge in [0, 0.05) is 101 Å². The Kier molecular flexibility index (Phi) is 72.0. The molecule has 0 fully saturated rings. The van der Waals surface area contributed by atoms with E-state index < -0.39 is 23.9 Å². The monoisotopic (exact) mass is 1630 g/mol. The van der Waals surface area contributed by atoms with Gasteiger partial charge >= 0.3 is 66.0 Å². The van der Waals surface area contributed by atoms with Crippen LogP contribution in [0.25, 0.3) is 0 Å². The largest absolute Gasteiger partial charge is 3.00 e. The van der Waals surface area contributed by atoms with Crippen LogP contribution in [0, 0.1) is 0 Å². The molecular weight excluding hydrogens is 1530 g/mol. The van der Waals surface area contributed by atoms with Gasteiger partial charge in [0.2, 0.25) is 0 Å². The minimum Gasteiger partial charge on any atom is -0.872 e. The third-order valence-electron chi connectivity index (χ3n) is 12.9. The minimum atomic E-state index is -1.04. The van der Waals surface area contributed by atoms with Gasteiger partial charge in [-0.25, -0.2) is 0 Å². The smallest absolute Gasteiger partial charge is 0.872 e. The summed E-state index contributed by atoms with van der Waals surface area (Å²) in [5, 5.41) is 85.4. The Labute approximate surface area is 666 Å². The Balaban J connectivity index is -0.000000269. The van der Waals surface area contributed by atoms with Crippen molar-refractivity contribution in [3.63, 3.8) is 0 Å². The molecule has 8 rings (SSSR count). The summed E-state index contributed by atoms with van der Waals surface area (Å²) in [6.45, 7) is 7.18. The maximum atomic E-state index is 11.3. The van der Waals surface area contributed by atoms with Crippen molar-refractivity contribution in [2.75, 3.05) is 109 Å². The number of carboxylic acid groups (broad SMARTS) is 4. The summed E-state index contributed by atoms with van der Waals surface area (Å²) >= 11 is 0. The molecule has 0 amide bonds. The number of carbonyl (C=O) groups is 4. The van der Waals surface area contributed by atoms with E-state index in [0.29, 0.717) is 22.3 Å². The first-order valence-electron chi connectivity index (χ1n) is 32.5. The number of carboxylic acids is 4. The molecule has 26 heteroatoms. The van der Waals surface area contributed by atoms with E-state index in [0.717, 1.165) is 100 Å². The van der Waals surface area contributed by atoms with Crippen LogP contribution in [-0.2, 0) is 111 Å². The van der Waals surface area contributed by atoms with Crippen molar-refractivity contribution in [1.29, 1.82) is 0 Å². The van der Waals surface area contributed by atoms with Crippen LogP contribution in [0.4, 0.5) is 0 Å². The summed E-state index contributed by atoms with van der Waals surface area (Å²) in [4.78, 5) is 65.6. The zero-order valence-electron chi connectivity index (χ0n) is 61.1. The molecule has 8 aromatic rings. The molecule has 4 radical (unpaired) electrons. The molecule has 0 atom stereocenters. The second kappa shape index (κ2) is 70.6. The van der Waals surface area contributed by atoms with Gasteiger partial charge in [-0.2, -0.15) is 0 Å². The molecule has 0 saturated carbocycles. The zero-order valence-corrected chi connectivity index (χ0v) is 65.1. The molecule has 106 heavy (non-hydrogen) atoms. The number of benzene rings is 8. The van der Waals surface area contributed by atoms with Gasteiger partial charge < -0.3 is 90.6 Å². The molecule has 8 aromatic carbocycles. The average molecular weight is 1630 g/mol. The molecule has 0 unspecified atom stereocenters. The summed E-state index contributed by atoms with van der Waals surface area (Å²) < 4.78 is 0. The molecule has 0 aliphatic carbocycles. The van der Waals surface area contributed by atoms with Crippen molar-refractivity contribution < 1.29 is 137 Å². The minimum absolute atomic E-state index is 0. The van der Waals surface area contributed by atoms with Gasteiger partial charge in [0.15, 0.2) is 0 Å². The fourth-order valence-electron chi connectivity index (χ4n) is 7.96. The molecular formula is C80H100N8Ni4O14+4. The summed E-state index contributed by atoms with van der Waals surface area (Å²) in [6.07, 6.45) is 10.7. The number of rotatable bonds is 28. The number of carbonyl (C=O) groups excluding carboxylic acids is 4. The van der Waals surface area contributed by atoms with Gasteiger partial charge in [-0.15, -0.1) is 23.0 Å². The number of hydrogen-bond donors (Lipinski definition) is 0. The van der Waals surface area contributed by atoms with Gasteiger partial charge in [0.25, 0.3) is 0 Å². The van der Waals surface area contributed by atoms with E-state index >= 15 is 0 Å². The Bertz CT molecular complexity index is 3120. The fourth-order valence-corrected chi connectivity index (χ4v) is 7.96. The molecule has 0 spiro atoms. The van der Waals surface area contributed by atoms with Crippen LogP contribution in [0.15, 0.2) is 238 Å². The van der Waals surface area contributed by atoms with Crippen LogP contribution >= 0.6 is 0 Å². The predicted molar refractivity (Wildman–Crippen MR) is 394 cm³/mol. The van der Waals surface area contributed by atoms with E-state index in [9.17, 15) is 60.0 Å². The van der Waals surface area contributed by atoms with Crippen molar-refractivity contribution in [3.05, 3.63) is 263 Å². The van der Waals surface area contributed by atoms with Crippen LogP contribution in [0.2, 0.25) is 0 Å². The average Bonchev–Trinajstić information content (AvgIpc) is 0.935. The van der Waals surface area contributed by atoms with Crippen LogP contribution in [-0.4, -0.2) is 188 Å². The summed E-state index contributed by atoms with van der Waals surface area (Å²) in [5.74, 6) is -4.00. The van der Waals surface area contributed by atoms with Crippen molar-refractivity contribution in [3.8, 4) is 23.0 Å². The molecule has 0 aliphatic rings. The summed E-state index contributed by atoms with van der Waals surface area (Å²) in [6, 6.07) is 63.6. The van der Waals surface area contributed by atoms with Gasteiger partial charge in [-0.1, -0.05) is 218 Å². The molecule has 0 saturated heterocycles. The van der Waals surface area contributed by atoms with E-state index in [1.54, 1.807) is 195 Å². The van der Waals surface area contributed by atoms with Crippen molar-refractivity contribution in [1.82, 2.24) is 19.6 Å². The second-order valence-corrected chi connectivity index (χ2v) is 23.1. The topological polar surface area (TPSA) is 378 Å². The number of aliphatic carboxylic acids is 4. The van der Waals surface area contributed by atoms with Crippen molar-refractivity contribution >= 4 is 48.7 Å². The number of hydrogen-bond acceptors (Lipinski definition) is 20. The first kappa shape index (κ1) is 108. The van der Waals surface area contributed by atoms with E-state index in [1.165, 1.54) is 0 Å². The first-order valence-corrected chi connectivity index (χ1v) is 32.5. The maximum absolute atomic E-state index is 11.3. The van der Waals surface area contributed by atoms with Crippen LogP contribution < -0.4 is 40.9 Å². The predicted octanol–water partition coefficient (Wildman–Crippen LogP) is 2.78. The molecule has 0 bridgehead atoms. The number of para-hydroxylation sites is 4. The molecule has 0 heterocycles. The van der Waals surface area contributed by atoms with Crippen molar-refractivity contribution in [2.24, 2.45) is 20.0 Å². The van der Waals surface area contributed by atoms with Gasteiger partial charge in [0.1, 0.15) is 0 Å². The van der Waals surface area contributed by atoms with Crippen LogP contribution in [0.3, 0.4) is 0 Å². The fraction of sp³-hybridized carbons (Fsp3) is 0.300. The molecule has 0 aliphatic heterocycles. The normalized spacial score (nSPS) is 9.92. The van der Waals surface area contributed by atoms with E-state index in [4.69, 9.17) is 0 Å². The van der Waals surface area contributed by atoms with Crippen molar-refractivity contribution in [2.45, 2.75) is 51.4 Å². The Hall–Kier alpha value is -8.75. The third kappa shape index (κ3) is 63.7. The van der Waals surface area contributed by atoms with E-state index in [1.807, 2.05) is 105 Å².